The van der Waals surface area contributed by atoms with Crippen molar-refractivity contribution in [1.82, 2.24) is 0 Å². The highest BCUT2D eigenvalue weighted by Crippen LogP contribution is 2.40. The first-order valence-corrected chi connectivity index (χ1v) is 4.16. The average Bonchev–Trinajstić information content (AvgIpc) is 2.84. The first kappa shape index (κ1) is 7.56. The summed E-state index contributed by atoms with van der Waals surface area (Å²) in [6.07, 6.45) is 2.37. The molecule has 0 spiro atoms. The smallest absolute Gasteiger partial charge is 0.113 e. The lowest BCUT2D eigenvalue weighted by Crippen LogP contribution is -1.87. The van der Waals surface area contributed by atoms with Crippen LogP contribution in [0.1, 0.15) is 17.2 Å². The maximum absolute atomic E-state index is 5.41. The molecule has 0 N–H and O–H groups in total. The Labute approximate surface area is 72.7 Å². The van der Waals surface area contributed by atoms with Crippen LogP contribution in [-0.4, -0.2) is 6.10 Å². The summed E-state index contributed by atoms with van der Waals surface area (Å²) in [5.74, 6) is 0. The molecular weight excluding hydrogens is 148 g/mol. The maximum Gasteiger partial charge on any atom is 0.113 e. The second-order valence-corrected chi connectivity index (χ2v) is 3.11. The molecule has 1 heteroatoms. The van der Waals surface area contributed by atoms with Gasteiger partial charge in [-0.25, -0.2) is 0 Å². The highest BCUT2D eigenvalue weighted by Gasteiger charge is 2.37. The Hall–Kier alpha value is -1.08. The number of rotatable bonds is 2. The minimum atomic E-state index is 0.242. The van der Waals surface area contributed by atoms with Crippen molar-refractivity contribution in [3.05, 3.63) is 48.0 Å². The Morgan fingerprint density at radius 2 is 2.17 bits per heavy atom. The van der Waals surface area contributed by atoms with Crippen molar-refractivity contribution in [3.8, 4) is 0 Å². The van der Waals surface area contributed by atoms with E-state index in [0.717, 1.165) is 0 Å². The lowest BCUT2D eigenvalue weighted by molar-refractivity contribution is 0.393. The lowest BCUT2D eigenvalue weighted by atomic mass is 10.0. The fourth-order valence-corrected chi connectivity index (χ4v) is 1.46. The molecule has 2 rings (SSSR count). The van der Waals surface area contributed by atoms with Gasteiger partial charge < -0.3 is 4.74 Å². The van der Waals surface area contributed by atoms with Crippen molar-refractivity contribution in [2.45, 2.75) is 19.1 Å². The van der Waals surface area contributed by atoms with Gasteiger partial charge in [-0.15, -0.1) is 6.58 Å². The number of aryl methyl sites for hydroxylation is 1. The molecule has 2 atom stereocenters. The van der Waals surface area contributed by atoms with Crippen molar-refractivity contribution < 1.29 is 4.74 Å². The van der Waals surface area contributed by atoms with Crippen LogP contribution in [0.2, 0.25) is 0 Å². The summed E-state index contributed by atoms with van der Waals surface area (Å²) in [5, 5.41) is 0. The molecule has 12 heavy (non-hydrogen) atoms. The van der Waals surface area contributed by atoms with Crippen molar-refractivity contribution in [2.24, 2.45) is 0 Å². The Balaban J connectivity index is 2.25. The Morgan fingerprint density at radius 3 is 2.75 bits per heavy atom. The molecular formula is C11H12O. The summed E-state index contributed by atoms with van der Waals surface area (Å²) in [6, 6.07) is 8.31. The van der Waals surface area contributed by atoms with E-state index in [9.17, 15) is 0 Å². The fraction of sp³-hybridized carbons (Fsp3) is 0.273. The molecule has 1 nitrogen and oxygen atoms in total. The molecule has 0 bridgehead atoms. The Bertz CT molecular complexity index is 304. The van der Waals surface area contributed by atoms with E-state index < -0.39 is 0 Å². The van der Waals surface area contributed by atoms with Crippen LogP contribution in [0.3, 0.4) is 0 Å². The summed E-state index contributed by atoms with van der Waals surface area (Å²) in [4.78, 5) is 0. The van der Waals surface area contributed by atoms with Gasteiger partial charge in [-0.05, 0) is 18.1 Å². The van der Waals surface area contributed by atoms with Crippen LogP contribution in [0.4, 0.5) is 0 Å². The molecule has 1 aliphatic heterocycles. The van der Waals surface area contributed by atoms with E-state index in [0.29, 0.717) is 0 Å². The van der Waals surface area contributed by atoms with Gasteiger partial charge in [-0.1, -0.05) is 30.3 Å². The van der Waals surface area contributed by atoms with Gasteiger partial charge in [-0.3, -0.25) is 0 Å². The summed E-state index contributed by atoms with van der Waals surface area (Å²) < 4.78 is 5.41. The monoisotopic (exact) mass is 160 g/mol. The van der Waals surface area contributed by atoms with Gasteiger partial charge >= 0.3 is 0 Å². The fourth-order valence-electron chi connectivity index (χ4n) is 1.46. The number of epoxide rings is 1. The second-order valence-electron chi connectivity index (χ2n) is 3.11. The van der Waals surface area contributed by atoms with Crippen LogP contribution in [0.15, 0.2) is 36.9 Å². The molecule has 0 aromatic heterocycles. The zero-order valence-electron chi connectivity index (χ0n) is 7.16. The summed E-state index contributed by atoms with van der Waals surface area (Å²) in [6.45, 7) is 5.81. The second kappa shape index (κ2) is 2.76. The molecule has 1 saturated heterocycles. The van der Waals surface area contributed by atoms with Crippen molar-refractivity contribution >= 4 is 0 Å². The molecule has 1 aromatic rings. The predicted octanol–water partition coefficient (Wildman–Crippen LogP) is 2.62. The van der Waals surface area contributed by atoms with Crippen molar-refractivity contribution in [1.29, 1.82) is 0 Å². The molecule has 62 valence electrons. The van der Waals surface area contributed by atoms with E-state index in [1.165, 1.54) is 11.1 Å². The van der Waals surface area contributed by atoms with E-state index in [4.69, 9.17) is 4.74 Å². The zero-order chi connectivity index (χ0) is 8.55. The van der Waals surface area contributed by atoms with Crippen molar-refractivity contribution in [2.75, 3.05) is 0 Å². The maximum atomic E-state index is 5.41. The van der Waals surface area contributed by atoms with Gasteiger partial charge in [0.05, 0.1) is 0 Å². The quantitative estimate of drug-likeness (QED) is 0.478. The predicted molar refractivity (Wildman–Crippen MR) is 49.0 cm³/mol. The normalized spacial score (nSPS) is 26.8. The third kappa shape index (κ3) is 1.16. The summed E-state index contributed by atoms with van der Waals surface area (Å²) in [5.41, 5.74) is 2.59. The van der Waals surface area contributed by atoms with E-state index in [1.807, 2.05) is 18.2 Å². The number of benzene rings is 1. The molecule has 1 fully saturated rings. The van der Waals surface area contributed by atoms with E-state index >= 15 is 0 Å². The first-order chi connectivity index (χ1) is 5.83. The number of hydrogen-bond donors (Lipinski definition) is 0. The van der Waals surface area contributed by atoms with Gasteiger partial charge in [0.25, 0.3) is 0 Å². The highest BCUT2D eigenvalue weighted by molar-refractivity contribution is 5.32. The Kier molecular flexibility index (Phi) is 1.74. The Morgan fingerprint density at radius 1 is 1.42 bits per heavy atom. The minimum absolute atomic E-state index is 0.242. The topological polar surface area (TPSA) is 12.5 Å². The third-order valence-electron chi connectivity index (χ3n) is 2.25. The molecule has 2 unspecified atom stereocenters. The van der Waals surface area contributed by atoms with Crippen LogP contribution in [-0.2, 0) is 4.74 Å². The van der Waals surface area contributed by atoms with Crippen LogP contribution < -0.4 is 0 Å². The highest BCUT2D eigenvalue weighted by atomic mass is 16.6. The van der Waals surface area contributed by atoms with Gasteiger partial charge in [0.2, 0.25) is 0 Å². The standard InChI is InChI=1S/C11H12O/c1-3-10-11(12-10)9-7-5-4-6-8(9)2/h3-7,10-11H,1H2,2H3. The van der Waals surface area contributed by atoms with Gasteiger partial charge in [0.15, 0.2) is 0 Å². The van der Waals surface area contributed by atoms with Gasteiger partial charge in [0, 0.05) is 0 Å². The molecule has 1 heterocycles. The molecule has 0 aliphatic carbocycles. The van der Waals surface area contributed by atoms with E-state index in [2.05, 4.69) is 25.6 Å². The van der Waals surface area contributed by atoms with Crippen molar-refractivity contribution in [3.63, 3.8) is 0 Å². The third-order valence-corrected chi connectivity index (χ3v) is 2.25. The molecule has 1 aromatic carbocycles. The zero-order valence-corrected chi connectivity index (χ0v) is 7.16. The molecule has 0 radical (unpaired) electrons. The molecule has 0 saturated carbocycles. The summed E-state index contributed by atoms with van der Waals surface area (Å²) in [7, 11) is 0. The van der Waals surface area contributed by atoms with Crippen LogP contribution in [0, 0.1) is 6.92 Å². The lowest BCUT2D eigenvalue weighted by Gasteiger charge is -1.99. The van der Waals surface area contributed by atoms with Crippen LogP contribution >= 0.6 is 0 Å². The van der Waals surface area contributed by atoms with Gasteiger partial charge in [-0.2, -0.15) is 0 Å². The average molecular weight is 160 g/mol. The minimum Gasteiger partial charge on any atom is -0.360 e. The van der Waals surface area contributed by atoms with Crippen LogP contribution in [0.25, 0.3) is 0 Å². The van der Waals surface area contributed by atoms with Crippen LogP contribution in [0.5, 0.6) is 0 Å². The van der Waals surface area contributed by atoms with Gasteiger partial charge in [0.1, 0.15) is 12.2 Å². The number of ether oxygens (including phenoxy) is 1. The van der Waals surface area contributed by atoms with E-state index in [-0.39, 0.29) is 12.2 Å². The first-order valence-electron chi connectivity index (χ1n) is 4.16. The SMILES string of the molecule is C=CC1OC1c1ccccc1C. The largest absolute Gasteiger partial charge is 0.360 e. The number of hydrogen-bond acceptors (Lipinski definition) is 1. The molecule has 1 aliphatic rings. The molecule has 0 amide bonds. The summed E-state index contributed by atoms with van der Waals surface area (Å²) >= 11 is 0. The van der Waals surface area contributed by atoms with E-state index in [1.54, 1.807) is 0 Å².